The number of anilines is 1. The van der Waals surface area contributed by atoms with E-state index in [2.05, 4.69) is 35.2 Å². The molecule has 0 aliphatic rings. The lowest BCUT2D eigenvalue weighted by Crippen LogP contribution is -2.12. The molecule has 0 fully saturated rings. The third kappa shape index (κ3) is 4.39. The van der Waals surface area contributed by atoms with Gasteiger partial charge in [0.2, 0.25) is 0 Å². The minimum atomic E-state index is 0.0271. The molecule has 0 spiro atoms. The number of nitrogens with two attached hydrogens (primary N) is 1. The fourth-order valence-corrected chi connectivity index (χ4v) is 2.54. The van der Waals surface area contributed by atoms with E-state index in [4.69, 9.17) is 15.2 Å². The molecule has 4 nitrogen and oxygen atoms in total. The fourth-order valence-electron chi connectivity index (χ4n) is 2.54. The van der Waals surface area contributed by atoms with E-state index in [0.717, 1.165) is 29.9 Å². The van der Waals surface area contributed by atoms with Crippen molar-refractivity contribution in [2.45, 2.75) is 18.9 Å². The number of hydrogen-bond acceptors (Lipinski definition) is 4. The zero-order valence-corrected chi connectivity index (χ0v) is 14.4. The van der Waals surface area contributed by atoms with Gasteiger partial charge in [0.15, 0.2) is 11.5 Å². The maximum absolute atomic E-state index is 6.33. The lowest BCUT2D eigenvalue weighted by atomic mass is 9.99. The van der Waals surface area contributed by atoms with Crippen LogP contribution in [0.15, 0.2) is 42.5 Å². The zero-order valence-electron chi connectivity index (χ0n) is 14.4. The Morgan fingerprint density at radius 2 is 1.61 bits per heavy atom. The highest BCUT2D eigenvalue weighted by Crippen LogP contribution is 2.29. The predicted molar refractivity (Wildman–Crippen MR) is 95.6 cm³/mol. The van der Waals surface area contributed by atoms with Crippen LogP contribution in [0.2, 0.25) is 0 Å². The van der Waals surface area contributed by atoms with Crippen molar-refractivity contribution in [2.24, 2.45) is 5.73 Å². The van der Waals surface area contributed by atoms with E-state index in [9.17, 15) is 0 Å². The molecule has 2 rings (SSSR count). The van der Waals surface area contributed by atoms with E-state index in [1.165, 1.54) is 11.3 Å². The Balaban J connectivity index is 1.99. The van der Waals surface area contributed by atoms with Crippen molar-refractivity contribution in [1.82, 2.24) is 0 Å². The molecule has 0 saturated carbocycles. The highest BCUT2D eigenvalue weighted by Gasteiger charge is 2.09. The second-order valence-electron chi connectivity index (χ2n) is 5.82. The summed E-state index contributed by atoms with van der Waals surface area (Å²) in [5.41, 5.74) is 9.87. The summed E-state index contributed by atoms with van der Waals surface area (Å²) in [6, 6.07) is 14.5. The number of aryl methyl sites for hydroxylation is 1. The summed E-state index contributed by atoms with van der Waals surface area (Å²) in [4.78, 5) is 2.08. The zero-order chi connectivity index (χ0) is 16.8. The van der Waals surface area contributed by atoms with Gasteiger partial charge in [-0.15, -0.1) is 0 Å². The minimum Gasteiger partial charge on any atom is -0.493 e. The molecular formula is C19H26N2O2. The van der Waals surface area contributed by atoms with Gasteiger partial charge in [0.05, 0.1) is 14.2 Å². The highest BCUT2D eigenvalue weighted by atomic mass is 16.5. The molecule has 4 heteroatoms. The van der Waals surface area contributed by atoms with Gasteiger partial charge in [-0.25, -0.2) is 0 Å². The molecule has 0 bridgehead atoms. The summed E-state index contributed by atoms with van der Waals surface area (Å²) < 4.78 is 10.6. The van der Waals surface area contributed by atoms with Gasteiger partial charge in [-0.3, -0.25) is 0 Å². The molecule has 0 aliphatic heterocycles. The summed E-state index contributed by atoms with van der Waals surface area (Å²) in [7, 11) is 7.36. The number of ether oxygens (including phenoxy) is 2. The molecule has 1 atom stereocenters. The lowest BCUT2D eigenvalue weighted by Gasteiger charge is -2.16. The first-order valence-electron chi connectivity index (χ1n) is 7.79. The number of methoxy groups -OCH3 is 2. The molecule has 2 N–H and O–H groups in total. The molecule has 2 aromatic carbocycles. The lowest BCUT2D eigenvalue weighted by molar-refractivity contribution is 0.354. The van der Waals surface area contributed by atoms with Crippen molar-refractivity contribution in [3.8, 4) is 11.5 Å². The normalized spacial score (nSPS) is 11.9. The van der Waals surface area contributed by atoms with Gasteiger partial charge >= 0.3 is 0 Å². The molecule has 0 radical (unpaired) electrons. The first kappa shape index (κ1) is 17.2. The van der Waals surface area contributed by atoms with Crippen LogP contribution in [0.1, 0.15) is 23.6 Å². The second-order valence-corrected chi connectivity index (χ2v) is 5.82. The monoisotopic (exact) mass is 314 g/mol. The van der Waals surface area contributed by atoms with Gasteiger partial charge in [0, 0.05) is 25.8 Å². The number of benzene rings is 2. The molecule has 1 unspecified atom stereocenters. The van der Waals surface area contributed by atoms with Crippen LogP contribution >= 0.6 is 0 Å². The second kappa shape index (κ2) is 7.88. The Morgan fingerprint density at radius 1 is 0.957 bits per heavy atom. The van der Waals surface area contributed by atoms with Gasteiger partial charge in [0.25, 0.3) is 0 Å². The Kier molecular flexibility index (Phi) is 5.88. The molecule has 0 aromatic heterocycles. The SMILES string of the molecule is COc1ccc(CCC(N)c2ccc(N(C)C)cc2)cc1OC. The molecule has 0 aliphatic carbocycles. The first-order chi connectivity index (χ1) is 11.0. The summed E-state index contributed by atoms with van der Waals surface area (Å²) in [5, 5.41) is 0. The Morgan fingerprint density at radius 3 is 2.17 bits per heavy atom. The summed E-state index contributed by atoms with van der Waals surface area (Å²) >= 11 is 0. The van der Waals surface area contributed by atoms with E-state index in [0.29, 0.717) is 0 Å². The van der Waals surface area contributed by atoms with E-state index in [-0.39, 0.29) is 6.04 Å². The third-order valence-electron chi connectivity index (χ3n) is 4.03. The van der Waals surface area contributed by atoms with Crippen molar-refractivity contribution < 1.29 is 9.47 Å². The van der Waals surface area contributed by atoms with Crippen molar-refractivity contribution >= 4 is 5.69 Å². The quantitative estimate of drug-likeness (QED) is 0.851. The van der Waals surface area contributed by atoms with Crippen molar-refractivity contribution in [1.29, 1.82) is 0 Å². The molecule has 0 amide bonds. The van der Waals surface area contributed by atoms with Gasteiger partial charge in [-0.1, -0.05) is 18.2 Å². The minimum absolute atomic E-state index is 0.0271. The van der Waals surface area contributed by atoms with Gasteiger partial charge in [-0.05, 0) is 48.2 Å². The van der Waals surface area contributed by atoms with E-state index >= 15 is 0 Å². The van der Waals surface area contributed by atoms with Crippen LogP contribution in [0.5, 0.6) is 11.5 Å². The van der Waals surface area contributed by atoms with Gasteiger partial charge in [0.1, 0.15) is 0 Å². The van der Waals surface area contributed by atoms with Gasteiger partial charge < -0.3 is 20.1 Å². The predicted octanol–water partition coefficient (Wildman–Crippen LogP) is 3.40. The molecule has 124 valence electrons. The topological polar surface area (TPSA) is 47.7 Å². The number of hydrogen-bond donors (Lipinski definition) is 1. The van der Waals surface area contributed by atoms with E-state index < -0.39 is 0 Å². The Hall–Kier alpha value is -2.20. The number of nitrogens with zero attached hydrogens (tertiary/aromatic N) is 1. The van der Waals surface area contributed by atoms with Crippen LogP contribution in [-0.2, 0) is 6.42 Å². The third-order valence-corrected chi connectivity index (χ3v) is 4.03. The maximum atomic E-state index is 6.33. The summed E-state index contributed by atoms with van der Waals surface area (Å²) in [6.45, 7) is 0. The van der Waals surface area contributed by atoms with Crippen molar-refractivity contribution in [3.05, 3.63) is 53.6 Å². The molecule has 0 heterocycles. The van der Waals surface area contributed by atoms with E-state index in [1.807, 2.05) is 26.2 Å². The summed E-state index contributed by atoms with van der Waals surface area (Å²) in [5.74, 6) is 1.51. The molecular weight excluding hydrogens is 288 g/mol. The Labute approximate surface area is 138 Å². The maximum Gasteiger partial charge on any atom is 0.160 e. The number of rotatable bonds is 7. The summed E-state index contributed by atoms with van der Waals surface area (Å²) in [6.07, 6.45) is 1.79. The van der Waals surface area contributed by atoms with Crippen LogP contribution in [0.3, 0.4) is 0 Å². The largest absolute Gasteiger partial charge is 0.493 e. The van der Waals surface area contributed by atoms with Crippen LogP contribution < -0.4 is 20.1 Å². The van der Waals surface area contributed by atoms with E-state index in [1.54, 1.807) is 14.2 Å². The van der Waals surface area contributed by atoms with Crippen LogP contribution in [0.25, 0.3) is 0 Å². The van der Waals surface area contributed by atoms with Crippen LogP contribution in [0, 0.1) is 0 Å². The van der Waals surface area contributed by atoms with Crippen molar-refractivity contribution in [3.63, 3.8) is 0 Å². The molecule has 0 saturated heterocycles. The van der Waals surface area contributed by atoms with Crippen LogP contribution in [-0.4, -0.2) is 28.3 Å². The fraction of sp³-hybridized carbons (Fsp3) is 0.368. The van der Waals surface area contributed by atoms with Crippen LogP contribution in [0.4, 0.5) is 5.69 Å². The standard InChI is InChI=1S/C19H26N2O2/c1-21(2)16-9-7-15(8-10-16)17(20)11-5-14-6-12-18(22-3)19(13-14)23-4/h6-10,12-13,17H,5,11,20H2,1-4H3. The highest BCUT2D eigenvalue weighted by molar-refractivity contribution is 5.46. The first-order valence-corrected chi connectivity index (χ1v) is 7.79. The van der Waals surface area contributed by atoms with Crippen molar-refractivity contribution in [2.75, 3.05) is 33.2 Å². The molecule has 23 heavy (non-hydrogen) atoms. The average Bonchev–Trinajstić information content (AvgIpc) is 2.59. The van der Waals surface area contributed by atoms with Gasteiger partial charge in [-0.2, -0.15) is 0 Å². The Bertz CT molecular complexity index is 624. The molecule has 2 aromatic rings. The smallest absolute Gasteiger partial charge is 0.160 e. The average molecular weight is 314 g/mol.